The number of hydrogen-bond donors (Lipinski definition) is 0. The van der Waals surface area contributed by atoms with Crippen LogP contribution in [0.25, 0.3) is 6.08 Å². The third-order valence-corrected chi connectivity index (χ3v) is 4.60. The van der Waals surface area contributed by atoms with E-state index in [0.717, 1.165) is 24.0 Å². The summed E-state index contributed by atoms with van der Waals surface area (Å²) >= 11 is 0. The quantitative estimate of drug-likeness (QED) is 0.767. The molecule has 0 unspecified atom stereocenters. The van der Waals surface area contributed by atoms with Crippen molar-refractivity contribution in [1.29, 1.82) is 0 Å². The zero-order chi connectivity index (χ0) is 15.6. The fourth-order valence-corrected chi connectivity index (χ4v) is 3.07. The maximum Gasteiger partial charge on any atom is 0.162 e. The average Bonchev–Trinajstić information content (AvgIpc) is 2.43. The molecule has 1 fully saturated rings. The fraction of sp³-hybridized carbons (Fsp3) is 0.526. The molecule has 0 heterocycles. The monoisotopic (exact) mass is 285 g/mol. The van der Waals surface area contributed by atoms with Crippen LogP contribution in [-0.4, -0.2) is 19.9 Å². The summed E-state index contributed by atoms with van der Waals surface area (Å²) in [4.78, 5) is 14.8. The molecule has 0 aromatic heterocycles. The van der Waals surface area contributed by atoms with E-state index in [0.29, 0.717) is 17.6 Å². The molecule has 2 atom stereocenters. The van der Waals surface area contributed by atoms with Gasteiger partial charge in [-0.1, -0.05) is 32.9 Å². The van der Waals surface area contributed by atoms with Crippen molar-refractivity contribution in [2.45, 2.75) is 33.6 Å². The molecule has 0 saturated heterocycles. The number of hydrogen-bond acceptors (Lipinski definition) is 2. The SMILES string of the molecule is CC(C)[C@H]1CC[C@@H](C)C(=Cc2ccc(N(C)C)cc2)C1=O. The smallest absolute Gasteiger partial charge is 0.162 e. The summed E-state index contributed by atoms with van der Waals surface area (Å²) in [6.07, 6.45) is 4.26. The number of anilines is 1. The van der Waals surface area contributed by atoms with Gasteiger partial charge in [-0.3, -0.25) is 4.79 Å². The number of rotatable bonds is 3. The molecule has 1 aromatic carbocycles. The molecule has 114 valence electrons. The second-order valence-electron chi connectivity index (χ2n) is 6.78. The Morgan fingerprint density at radius 3 is 2.29 bits per heavy atom. The van der Waals surface area contributed by atoms with Crippen molar-refractivity contribution >= 4 is 17.5 Å². The lowest BCUT2D eigenvalue weighted by Gasteiger charge is -2.30. The van der Waals surface area contributed by atoms with Gasteiger partial charge in [0.2, 0.25) is 0 Å². The van der Waals surface area contributed by atoms with Crippen LogP contribution in [0.15, 0.2) is 29.8 Å². The summed E-state index contributed by atoms with van der Waals surface area (Å²) in [5.41, 5.74) is 3.32. The van der Waals surface area contributed by atoms with Gasteiger partial charge in [0.05, 0.1) is 0 Å². The normalized spacial score (nSPS) is 24.7. The highest BCUT2D eigenvalue weighted by molar-refractivity contribution is 6.02. The van der Waals surface area contributed by atoms with Crippen molar-refractivity contribution in [1.82, 2.24) is 0 Å². The predicted octanol–water partition coefficient (Wildman–Crippen LogP) is 4.41. The molecule has 0 radical (unpaired) electrons. The van der Waals surface area contributed by atoms with Crippen LogP contribution in [0.2, 0.25) is 0 Å². The van der Waals surface area contributed by atoms with Crippen LogP contribution in [0.4, 0.5) is 5.69 Å². The van der Waals surface area contributed by atoms with Gasteiger partial charge in [-0.25, -0.2) is 0 Å². The van der Waals surface area contributed by atoms with Crippen LogP contribution in [0.1, 0.15) is 39.2 Å². The van der Waals surface area contributed by atoms with E-state index in [1.165, 1.54) is 5.69 Å². The summed E-state index contributed by atoms with van der Waals surface area (Å²) in [5.74, 6) is 1.37. The Morgan fingerprint density at radius 1 is 1.14 bits per heavy atom. The highest BCUT2D eigenvalue weighted by atomic mass is 16.1. The van der Waals surface area contributed by atoms with Gasteiger partial charge in [-0.05, 0) is 54.0 Å². The number of carbonyl (C=O) groups is 1. The number of benzene rings is 1. The van der Waals surface area contributed by atoms with Crippen LogP contribution in [0.3, 0.4) is 0 Å². The first-order chi connectivity index (χ1) is 9.90. The number of ketones is 1. The summed E-state index contributed by atoms with van der Waals surface area (Å²) in [5, 5.41) is 0. The summed E-state index contributed by atoms with van der Waals surface area (Å²) in [6.45, 7) is 6.48. The van der Waals surface area contributed by atoms with Gasteiger partial charge in [0, 0.05) is 25.7 Å². The molecule has 0 amide bonds. The molecule has 1 saturated carbocycles. The van der Waals surface area contributed by atoms with Crippen LogP contribution in [-0.2, 0) is 4.79 Å². The average molecular weight is 285 g/mol. The Bertz CT molecular complexity index is 525. The van der Waals surface area contributed by atoms with E-state index in [1.54, 1.807) is 0 Å². The Balaban J connectivity index is 2.26. The highest BCUT2D eigenvalue weighted by Gasteiger charge is 2.32. The van der Waals surface area contributed by atoms with Gasteiger partial charge < -0.3 is 4.90 Å². The van der Waals surface area contributed by atoms with Crippen LogP contribution in [0.5, 0.6) is 0 Å². The van der Waals surface area contributed by atoms with E-state index >= 15 is 0 Å². The van der Waals surface area contributed by atoms with Gasteiger partial charge in [0.15, 0.2) is 5.78 Å². The van der Waals surface area contributed by atoms with E-state index in [9.17, 15) is 4.79 Å². The molecule has 0 aliphatic heterocycles. The number of allylic oxidation sites excluding steroid dienone is 1. The van der Waals surface area contributed by atoms with Crippen molar-refractivity contribution in [3.63, 3.8) is 0 Å². The first-order valence-electron chi connectivity index (χ1n) is 7.93. The van der Waals surface area contributed by atoms with Gasteiger partial charge in [-0.15, -0.1) is 0 Å². The Hall–Kier alpha value is -1.57. The Morgan fingerprint density at radius 2 is 1.76 bits per heavy atom. The maximum atomic E-state index is 12.7. The Kier molecular flexibility index (Phi) is 4.87. The second-order valence-corrected chi connectivity index (χ2v) is 6.78. The zero-order valence-electron chi connectivity index (χ0n) is 13.9. The van der Waals surface area contributed by atoms with Crippen LogP contribution in [0, 0.1) is 17.8 Å². The van der Waals surface area contributed by atoms with Crippen molar-refractivity contribution in [2.24, 2.45) is 17.8 Å². The number of Topliss-reactive ketones (excluding diaryl/α,β-unsaturated/α-hetero) is 1. The van der Waals surface area contributed by atoms with E-state index < -0.39 is 0 Å². The lowest BCUT2D eigenvalue weighted by atomic mass is 9.73. The Labute approximate surface area is 128 Å². The molecule has 2 rings (SSSR count). The molecule has 0 N–H and O–H groups in total. The molecular formula is C19H27NO. The second kappa shape index (κ2) is 6.46. The summed E-state index contributed by atoms with van der Waals surface area (Å²) in [6, 6.07) is 8.40. The minimum Gasteiger partial charge on any atom is -0.378 e. The molecule has 2 nitrogen and oxygen atoms in total. The predicted molar refractivity (Wildman–Crippen MR) is 90.5 cm³/mol. The molecule has 2 heteroatoms. The third-order valence-electron chi connectivity index (χ3n) is 4.60. The first-order valence-corrected chi connectivity index (χ1v) is 7.93. The molecule has 0 bridgehead atoms. The molecule has 1 aliphatic carbocycles. The third kappa shape index (κ3) is 3.55. The zero-order valence-corrected chi connectivity index (χ0v) is 13.9. The van der Waals surface area contributed by atoms with Gasteiger partial charge in [0.25, 0.3) is 0 Å². The number of nitrogens with zero attached hydrogens (tertiary/aromatic N) is 1. The maximum absolute atomic E-state index is 12.7. The number of carbonyl (C=O) groups excluding carboxylic acids is 1. The van der Waals surface area contributed by atoms with Crippen molar-refractivity contribution in [2.75, 3.05) is 19.0 Å². The standard InChI is InChI=1S/C19H27NO/c1-13(2)17-11-6-14(3)18(19(17)21)12-15-7-9-16(10-8-15)20(4)5/h7-10,12-14,17H,6,11H2,1-5H3/t14-,17-/m1/s1. The molecule has 21 heavy (non-hydrogen) atoms. The van der Waals surface area contributed by atoms with Crippen molar-refractivity contribution < 1.29 is 4.79 Å². The van der Waals surface area contributed by atoms with Crippen LogP contribution < -0.4 is 4.90 Å². The van der Waals surface area contributed by atoms with E-state index in [1.807, 2.05) is 14.1 Å². The minimum absolute atomic E-state index is 0.202. The summed E-state index contributed by atoms with van der Waals surface area (Å²) < 4.78 is 0. The van der Waals surface area contributed by atoms with E-state index in [4.69, 9.17) is 0 Å². The molecular weight excluding hydrogens is 258 g/mol. The van der Waals surface area contributed by atoms with Gasteiger partial charge in [0.1, 0.15) is 0 Å². The topological polar surface area (TPSA) is 20.3 Å². The minimum atomic E-state index is 0.202. The molecule has 1 aromatic rings. The van der Waals surface area contributed by atoms with E-state index in [-0.39, 0.29) is 5.92 Å². The van der Waals surface area contributed by atoms with E-state index in [2.05, 4.69) is 56.0 Å². The van der Waals surface area contributed by atoms with Gasteiger partial charge in [-0.2, -0.15) is 0 Å². The largest absolute Gasteiger partial charge is 0.378 e. The van der Waals surface area contributed by atoms with Gasteiger partial charge >= 0.3 is 0 Å². The first kappa shape index (κ1) is 15.8. The highest BCUT2D eigenvalue weighted by Crippen LogP contribution is 2.35. The molecule has 1 aliphatic rings. The fourth-order valence-electron chi connectivity index (χ4n) is 3.07. The lowest BCUT2D eigenvalue weighted by Crippen LogP contribution is -2.30. The molecule has 0 spiro atoms. The van der Waals surface area contributed by atoms with Crippen molar-refractivity contribution in [3.8, 4) is 0 Å². The van der Waals surface area contributed by atoms with Crippen molar-refractivity contribution in [3.05, 3.63) is 35.4 Å². The summed E-state index contributed by atoms with van der Waals surface area (Å²) in [7, 11) is 4.07. The van der Waals surface area contributed by atoms with Crippen LogP contribution >= 0.6 is 0 Å². The lowest BCUT2D eigenvalue weighted by molar-refractivity contribution is -0.122.